The van der Waals surface area contributed by atoms with E-state index in [1.54, 1.807) is 27.7 Å². The molecule has 0 aliphatic heterocycles. The van der Waals surface area contributed by atoms with Crippen LogP contribution < -0.4 is 49.1 Å². The maximum absolute atomic E-state index is 13.3. The molecular weight excluding hydrogens is 690 g/mol. The molecular formula is C31H53N9O12. The molecule has 0 saturated heterocycles. The summed E-state index contributed by atoms with van der Waals surface area (Å²) in [5.41, 5.74) is 16.0. The normalized spacial score (nSPS) is 14.4. The number of nitrogens with two attached hydrogens (primary N) is 3. The van der Waals surface area contributed by atoms with E-state index in [-0.39, 0.29) is 38.0 Å². The van der Waals surface area contributed by atoms with E-state index in [2.05, 4.69) is 31.9 Å². The molecule has 14 N–H and O–H groups in total. The highest BCUT2D eigenvalue weighted by Crippen LogP contribution is 2.09. The predicted molar refractivity (Wildman–Crippen MR) is 182 cm³/mol. The van der Waals surface area contributed by atoms with Gasteiger partial charge in [-0.25, -0.2) is 4.79 Å². The zero-order valence-electron chi connectivity index (χ0n) is 30.0. The quantitative estimate of drug-likeness (QED) is 0.0426. The molecule has 0 spiro atoms. The van der Waals surface area contributed by atoms with Gasteiger partial charge in [-0.2, -0.15) is 0 Å². The fraction of sp³-hybridized carbons (Fsp3) is 0.677. The lowest BCUT2D eigenvalue weighted by Gasteiger charge is -2.26. The summed E-state index contributed by atoms with van der Waals surface area (Å²) in [5, 5.41) is 32.6. The number of carbonyl (C=O) groups excluding carboxylic acids is 8. The molecule has 8 amide bonds. The van der Waals surface area contributed by atoms with E-state index < -0.39 is 121 Å². The van der Waals surface area contributed by atoms with Crippen LogP contribution >= 0.6 is 0 Å². The zero-order valence-corrected chi connectivity index (χ0v) is 30.0. The van der Waals surface area contributed by atoms with E-state index in [1.165, 1.54) is 6.92 Å². The van der Waals surface area contributed by atoms with Crippen molar-refractivity contribution in [3.8, 4) is 0 Å². The van der Waals surface area contributed by atoms with Gasteiger partial charge >= 0.3 is 11.9 Å². The Morgan fingerprint density at radius 1 is 0.577 bits per heavy atom. The SMILES string of the molecule is CC(C)C[C@H](NC(=O)[C@H](CCC(N)=O)NC(=O)CNC(=O)[C@H](CCC(=O)O)NC(=O)[C@H](C)NC(=O)[C@@H](N)CCC(N)=O)C(=O)N[C@H](C(=O)O)C(C)C. The average Bonchev–Trinajstić information content (AvgIpc) is 3.03. The van der Waals surface area contributed by atoms with Gasteiger partial charge in [-0.15, -0.1) is 0 Å². The maximum atomic E-state index is 13.3. The molecule has 0 heterocycles. The summed E-state index contributed by atoms with van der Waals surface area (Å²) in [5.74, 6) is -10.1. The van der Waals surface area contributed by atoms with Gasteiger partial charge in [-0.05, 0) is 44.4 Å². The van der Waals surface area contributed by atoms with E-state index >= 15 is 0 Å². The number of nitrogens with one attached hydrogen (secondary N) is 6. The van der Waals surface area contributed by atoms with E-state index in [0.717, 1.165) is 0 Å². The molecule has 0 radical (unpaired) electrons. The monoisotopic (exact) mass is 743 g/mol. The second kappa shape index (κ2) is 23.2. The minimum Gasteiger partial charge on any atom is -0.481 e. The van der Waals surface area contributed by atoms with Crippen molar-refractivity contribution in [3.05, 3.63) is 0 Å². The van der Waals surface area contributed by atoms with E-state index in [0.29, 0.717) is 0 Å². The Morgan fingerprint density at radius 3 is 1.58 bits per heavy atom. The molecule has 0 saturated carbocycles. The van der Waals surface area contributed by atoms with Crippen molar-refractivity contribution >= 4 is 59.2 Å². The summed E-state index contributed by atoms with van der Waals surface area (Å²) in [6.45, 7) is 7.15. The highest BCUT2D eigenvalue weighted by atomic mass is 16.4. The van der Waals surface area contributed by atoms with Gasteiger partial charge in [0.05, 0.1) is 12.6 Å². The maximum Gasteiger partial charge on any atom is 0.326 e. The van der Waals surface area contributed by atoms with Crippen LogP contribution in [0.15, 0.2) is 0 Å². The van der Waals surface area contributed by atoms with Crippen LogP contribution in [0.25, 0.3) is 0 Å². The molecule has 21 heteroatoms. The van der Waals surface area contributed by atoms with Crippen LogP contribution in [0.5, 0.6) is 0 Å². The summed E-state index contributed by atoms with van der Waals surface area (Å²) < 4.78 is 0. The highest BCUT2D eigenvalue weighted by Gasteiger charge is 2.32. The summed E-state index contributed by atoms with van der Waals surface area (Å²) in [4.78, 5) is 122. The Hall–Kier alpha value is -5.34. The molecule has 0 aliphatic rings. The number of aliphatic carboxylic acids is 2. The summed E-state index contributed by atoms with van der Waals surface area (Å²) in [7, 11) is 0. The number of carboxylic acid groups (broad SMARTS) is 2. The van der Waals surface area contributed by atoms with Gasteiger partial charge in [0.15, 0.2) is 0 Å². The lowest BCUT2D eigenvalue weighted by Crippen LogP contribution is -2.58. The summed E-state index contributed by atoms with van der Waals surface area (Å²) in [6.07, 6.45) is -1.86. The molecule has 0 aromatic rings. The van der Waals surface area contributed by atoms with Crippen molar-refractivity contribution in [1.82, 2.24) is 31.9 Å². The Morgan fingerprint density at radius 2 is 1.08 bits per heavy atom. The van der Waals surface area contributed by atoms with Crippen LogP contribution in [0.4, 0.5) is 0 Å². The number of carbonyl (C=O) groups is 10. The highest BCUT2D eigenvalue weighted by molar-refractivity contribution is 5.96. The first-order chi connectivity index (χ1) is 24.0. The van der Waals surface area contributed by atoms with Crippen LogP contribution in [-0.2, 0) is 47.9 Å². The first-order valence-electron chi connectivity index (χ1n) is 16.6. The Balaban J connectivity index is 5.71. The minimum absolute atomic E-state index is 0.0857. The third kappa shape index (κ3) is 19.2. The van der Waals surface area contributed by atoms with Crippen LogP contribution in [0.1, 0.15) is 79.6 Å². The Bertz CT molecular complexity index is 1320. The van der Waals surface area contributed by atoms with Gasteiger partial charge in [0.1, 0.15) is 30.2 Å². The third-order valence-corrected chi connectivity index (χ3v) is 7.40. The second-order valence-electron chi connectivity index (χ2n) is 12.9. The number of hydrogen-bond donors (Lipinski definition) is 11. The van der Waals surface area contributed by atoms with Crippen molar-refractivity contribution in [2.45, 2.75) is 116 Å². The molecule has 21 nitrogen and oxygen atoms in total. The zero-order chi connectivity index (χ0) is 40.3. The number of carboxylic acids is 2. The molecule has 0 aromatic heterocycles. The van der Waals surface area contributed by atoms with Crippen molar-refractivity contribution in [2.24, 2.45) is 29.0 Å². The second-order valence-corrected chi connectivity index (χ2v) is 12.9. The predicted octanol–water partition coefficient (Wildman–Crippen LogP) is -3.94. The van der Waals surface area contributed by atoms with Crippen molar-refractivity contribution < 1.29 is 58.2 Å². The molecule has 0 unspecified atom stereocenters. The largest absolute Gasteiger partial charge is 0.481 e. The number of primary amides is 2. The van der Waals surface area contributed by atoms with Gasteiger partial charge in [-0.1, -0.05) is 27.7 Å². The van der Waals surface area contributed by atoms with Gasteiger partial charge in [0.25, 0.3) is 0 Å². The van der Waals surface area contributed by atoms with E-state index in [4.69, 9.17) is 22.3 Å². The van der Waals surface area contributed by atoms with Gasteiger partial charge in [-0.3, -0.25) is 43.2 Å². The van der Waals surface area contributed by atoms with E-state index in [9.17, 15) is 53.1 Å². The van der Waals surface area contributed by atoms with Crippen molar-refractivity contribution in [3.63, 3.8) is 0 Å². The van der Waals surface area contributed by atoms with E-state index in [1.807, 2.05) is 0 Å². The first-order valence-corrected chi connectivity index (χ1v) is 16.6. The lowest BCUT2D eigenvalue weighted by molar-refractivity contribution is -0.143. The molecule has 0 bridgehead atoms. The fourth-order valence-electron chi connectivity index (χ4n) is 4.48. The average molecular weight is 744 g/mol. The molecule has 0 rings (SSSR count). The fourth-order valence-corrected chi connectivity index (χ4v) is 4.48. The van der Waals surface area contributed by atoms with Crippen molar-refractivity contribution in [1.29, 1.82) is 0 Å². The third-order valence-electron chi connectivity index (χ3n) is 7.40. The van der Waals surface area contributed by atoms with Crippen molar-refractivity contribution in [2.75, 3.05) is 6.54 Å². The molecule has 6 atom stereocenters. The van der Waals surface area contributed by atoms with Gasteiger partial charge in [0.2, 0.25) is 47.3 Å². The molecule has 52 heavy (non-hydrogen) atoms. The van der Waals surface area contributed by atoms with Crippen LogP contribution in [-0.4, -0.2) is 112 Å². The molecule has 0 aliphatic carbocycles. The number of hydrogen-bond acceptors (Lipinski definition) is 11. The lowest BCUT2D eigenvalue weighted by atomic mass is 10.00. The molecule has 0 aromatic carbocycles. The minimum atomic E-state index is -1.50. The topological polar surface area (TPSA) is 361 Å². The van der Waals surface area contributed by atoms with Crippen LogP contribution in [0.2, 0.25) is 0 Å². The van der Waals surface area contributed by atoms with Gasteiger partial charge < -0.3 is 59.3 Å². The van der Waals surface area contributed by atoms with Crippen LogP contribution in [0.3, 0.4) is 0 Å². The molecule has 0 fully saturated rings. The Kier molecular flexibility index (Phi) is 20.8. The summed E-state index contributed by atoms with van der Waals surface area (Å²) >= 11 is 0. The van der Waals surface area contributed by atoms with Gasteiger partial charge in [0, 0.05) is 19.3 Å². The molecule has 294 valence electrons. The Labute approximate surface area is 300 Å². The first kappa shape index (κ1) is 46.7. The smallest absolute Gasteiger partial charge is 0.326 e. The number of rotatable bonds is 25. The standard InChI is InChI=1S/C31H53N9O12/c1-14(2)12-20(30(50)40-25(15(3)4)31(51)52)39-29(49)19(7-10-22(34)42)37-23(43)13-35-28(48)18(8-11-24(44)45)38-26(46)16(5)36-27(47)17(32)6-9-21(33)41/h14-20,25H,6-13,32H2,1-5H3,(H2,33,41)(H2,34,42)(H,35,48)(H,36,47)(H,37,43)(H,38,46)(H,39,49)(H,40,50)(H,44,45)(H,51,52)/t16-,17-,18-,19-,20-,25-/m0/s1. The van der Waals surface area contributed by atoms with Crippen LogP contribution in [0, 0.1) is 11.8 Å². The summed E-state index contributed by atoms with van der Waals surface area (Å²) in [6, 6.07) is -7.85. The number of amides is 8.